The van der Waals surface area contributed by atoms with Crippen molar-refractivity contribution < 1.29 is 18.0 Å². The van der Waals surface area contributed by atoms with E-state index in [1.807, 2.05) is 60.8 Å². The first-order chi connectivity index (χ1) is 15.3. The molecule has 0 saturated carbocycles. The number of alkyl halides is 3. The highest BCUT2D eigenvalue weighted by Crippen LogP contribution is 2.34. The molecule has 166 valence electrons. The first-order valence-corrected chi connectivity index (χ1v) is 10.3. The van der Waals surface area contributed by atoms with Crippen LogP contribution in [0.5, 0.6) is 0 Å². The van der Waals surface area contributed by atoms with Crippen molar-refractivity contribution in [2.75, 3.05) is 6.54 Å². The van der Waals surface area contributed by atoms with Gasteiger partial charge in [-0.25, -0.2) is 0 Å². The summed E-state index contributed by atoms with van der Waals surface area (Å²) >= 11 is 0. The van der Waals surface area contributed by atoms with Crippen LogP contribution in [0.3, 0.4) is 0 Å². The molecule has 1 atom stereocenters. The van der Waals surface area contributed by atoms with Crippen LogP contribution in [0.1, 0.15) is 53.0 Å². The molecule has 2 heterocycles. The van der Waals surface area contributed by atoms with Crippen LogP contribution >= 0.6 is 0 Å². The number of carbonyl (C=O) groups excluding carboxylic acids is 1. The number of aromatic amines is 1. The topological polar surface area (TPSA) is 62.7 Å². The summed E-state index contributed by atoms with van der Waals surface area (Å²) in [6.45, 7) is 3.31. The number of benzene rings is 2. The predicted octanol–water partition coefficient (Wildman–Crippen LogP) is 5.53. The van der Waals surface area contributed by atoms with Crippen molar-refractivity contribution >= 4 is 16.8 Å². The summed E-state index contributed by atoms with van der Waals surface area (Å²) in [5.74, 6) is -1.05. The third-order valence-corrected chi connectivity index (χ3v) is 5.46. The zero-order valence-electron chi connectivity index (χ0n) is 17.6. The average Bonchev–Trinajstić information content (AvgIpc) is 3.40. The number of carbonyl (C=O) groups is 1. The van der Waals surface area contributed by atoms with Crippen molar-refractivity contribution in [1.82, 2.24) is 20.1 Å². The summed E-state index contributed by atoms with van der Waals surface area (Å²) in [5.41, 5.74) is 1.35. The lowest BCUT2D eigenvalue weighted by molar-refractivity contribution is -0.145. The molecule has 32 heavy (non-hydrogen) atoms. The fourth-order valence-corrected chi connectivity index (χ4v) is 3.97. The molecule has 4 rings (SSSR count). The zero-order chi connectivity index (χ0) is 22.9. The smallest absolute Gasteiger partial charge is 0.361 e. The molecule has 0 aliphatic rings. The molecule has 5 nitrogen and oxygen atoms in total. The first-order valence-electron chi connectivity index (χ1n) is 10.3. The largest absolute Gasteiger partial charge is 0.433 e. The van der Waals surface area contributed by atoms with Crippen molar-refractivity contribution in [3.8, 4) is 0 Å². The number of aromatic nitrogens is 3. The Kier molecular flexibility index (Phi) is 5.78. The Morgan fingerprint density at radius 1 is 1.09 bits per heavy atom. The third-order valence-electron chi connectivity index (χ3n) is 5.46. The Balaban J connectivity index is 1.66. The Labute approximate surface area is 183 Å². The lowest BCUT2D eigenvalue weighted by Crippen LogP contribution is -2.31. The van der Waals surface area contributed by atoms with Gasteiger partial charge in [0.1, 0.15) is 0 Å². The van der Waals surface area contributed by atoms with E-state index in [4.69, 9.17) is 0 Å². The van der Waals surface area contributed by atoms with Crippen molar-refractivity contribution in [3.05, 3.63) is 89.4 Å². The maximum Gasteiger partial charge on any atom is 0.433 e. The van der Waals surface area contributed by atoms with E-state index in [9.17, 15) is 18.0 Å². The number of fused-ring (bicyclic) bond motifs is 1. The van der Waals surface area contributed by atoms with Gasteiger partial charge in [0.25, 0.3) is 5.91 Å². The van der Waals surface area contributed by atoms with Gasteiger partial charge in [0.2, 0.25) is 0 Å². The normalized spacial score (nSPS) is 12.9. The number of nitrogens with zero attached hydrogens (tertiary/aromatic N) is 2. The minimum absolute atomic E-state index is 0.134. The molecule has 0 radical (unpaired) electrons. The van der Waals surface area contributed by atoms with Gasteiger partial charge in [0.05, 0.1) is 11.8 Å². The second-order valence-corrected chi connectivity index (χ2v) is 7.91. The molecular weight excluding hydrogens is 417 g/mol. The Bertz CT molecular complexity index is 1230. The molecule has 0 spiro atoms. The van der Waals surface area contributed by atoms with Crippen LogP contribution in [-0.4, -0.2) is 27.2 Å². The number of hydrogen-bond donors (Lipinski definition) is 2. The molecule has 2 aromatic heterocycles. The summed E-state index contributed by atoms with van der Waals surface area (Å²) in [6.07, 6.45) is -1.82. The van der Waals surface area contributed by atoms with Crippen molar-refractivity contribution in [1.29, 1.82) is 0 Å². The summed E-state index contributed by atoms with van der Waals surface area (Å²) in [6, 6.07) is 16.8. The number of H-pyrrole nitrogens is 1. The molecule has 1 unspecified atom stereocenters. The van der Waals surface area contributed by atoms with Gasteiger partial charge in [0, 0.05) is 35.6 Å². The van der Waals surface area contributed by atoms with Crippen LogP contribution in [-0.2, 0) is 6.18 Å². The maximum absolute atomic E-state index is 13.7. The van der Waals surface area contributed by atoms with Gasteiger partial charge in [-0.15, -0.1) is 0 Å². The number of rotatable bonds is 6. The van der Waals surface area contributed by atoms with Crippen LogP contribution in [0.15, 0.2) is 67.0 Å². The van der Waals surface area contributed by atoms with E-state index in [0.717, 1.165) is 32.9 Å². The quantitative estimate of drug-likeness (QED) is 0.414. The van der Waals surface area contributed by atoms with Crippen molar-refractivity contribution in [3.63, 3.8) is 0 Å². The SMILES string of the molecule is CC(C)n1ncc(C(=O)NCC(c2ccccc2)c2c[nH]c3ccccc23)c1C(F)(F)F. The predicted molar refractivity (Wildman–Crippen MR) is 117 cm³/mol. The van der Waals surface area contributed by atoms with Crippen LogP contribution in [0.2, 0.25) is 0 Å². The van der Waals surface area contributed by atoms with E-state index >= 15 is 0 Å². The molecule has 0 saturated heterocycles. The van der Waals surface area contributed by atoms with Crippen molar-refractivity contribution in [2.45, 2.75) is 32.0 Å². The van der Waals surface area contributed by atoms with Gasteiger partial charge in [-0.3, -0.25) is 9.48 Å². The molecule has 0 aliphatic carbocycles. The number of nitrogens with one attached hydrogen (secondary N) is 2. The summed E-state index contributed by atoms with van der Waals surface area (Å²) < 4.78 is 41.9. The van der Waals surface area contributed by atoms with Gasteiger partial charge < -0.3 is 10.3 Å². The Hall–Kier alpha value is -3.55. The van der Waals surface area contributed by atoms with E-state index in [1.165, 1.54) is 0 Å². The minimum Gasteiger partial charge on any atom is -0.361 e. The van der Waals surface area contributed by atoms with Gasteiger partial charge in [-0.05, 0) is 31.0 Å². The molecule has 8 heteroatoms. The highest BCUT2D eigenvalue weighted by Gasteiger charge is 2.40. The van der Waals surface area contributed by atoms with Gasteiger partial charge in [-0.2, -0.15) is 18.3 Å². The molecule has 2 aromatic carbocycles. The van der Waals surface area contributed by atoms with E-state index in [0.29, 0.717) is 0 Å². The highest BCUT2D eigenvalue weighted by molar-refractivity contribution is 5.95. The molecule has 0 fully saturated rings. The Morgan fingerprint density at radius 2 is 1.78 bits per heavy atom. The zero-order valence-corrected chi connectivity index (χ0v) is 17.6. The standard InChI is InChI=1S/C24H23F3N4O/c1-15(2)31-22(24(25,26)27)20(14-30-31)23(32)29-12-18(16-8-4-3-5-9-16)19-13-28-21-11-7-6-10-17(19)21/h3-11,13-15,18,28H,12H2,1-2H3,(H,29,32). The van der Waals surface area contributed by atoms with Gasteiger partial charge in [0.15, 0.2) is 5.69 Å². The lowest BCUT2D eigenvalue weighted by atomic mass is 9.91. The van der Waals surface area contributed by atoms with E-state index in [1.54, 1.807) is 13.8 Å². The number of para-hydroxylation sites is 1. The van der Waals surface area contributed by atoms with E-state index < -0.39 is 29.4 Å². The molecule has 2 N–H and O–H groups in total. The van der Waals surface area contributed by atoms with Gasteiger partial charge in [-0.1, -0.05) is 48.5 Å². The maximum atomic E-state index is 13.7. The molecule has 0 bridgehead atoms. The second-order valence-electron chi connectivity index (χ2n) is 7.91. The van der Waals surface area contributed by atoms with Crippen molar-refractivity contribution in [2.24, 2.45) is 0 Å². The van der Waals surface area contributed by atoms with Crippen LogP contribution in [0.25, 0.3) is 10.9 Å². The summed E-state index contributed by atoms with van der Waals surface area (Å²) in [4.78, 5) is 16.1. The molecule has 4 aromatic rings. The summed E-state index contributed by atoms with van der Waals surface area (Å²) in [5, 5.41) is 7.52. The molecule has 1 amide bonds. The number of amides is 1. The second kappa shape index (κ2) is 8.53. The third kappa shape index (κ3) is 4.12. The fraction of sp³-hybridized carbons (Fsp3) is 0.250. The van der Waals surface area contributed by atoms with Crippen LogP contribution < -0.4 is 5.32 Å². The van der Waals surface area contributed by atoms with E-state index in [2.05, 4.69) is 15.4 Å². The Morgan fingerprint density at radius 3 is 2.47 bits per heavy atom. The molecular formula is C24H23F3N4O. The lowest BCUT2D eigenvalue weighted by Gasteiger charge is -2.19. The fourth-order valence-electron chi connectivity index (χ4n) is 3.97. The van der Waals surface area contributed by atoms with Gasteiger partial charge >= 0.3 is 6.18 Å². The summed E-state index contributed by atoms with van der Waals surface area (Å²) in [7, 11) is 0. The highest BCUT2D eigenvalue weighted by atomic mass is 19.4. The van der Waals surface area contributed by atoms with Crippen LogP contribution in [0, 0.1) is 0 Å². The average molecular weight is 440 g/mol. The van der Waals surface area contributed by atoms with Crippen LogP contribution in [0.4, 0.5) is 13.2 Å². The van der Waals surface area contributed by atoms with E-state index in [-0.39, 0.29) is 12.5 Å². The molecule has 0 aliphatic heterocycles. The number of halogens is 3. The minimum atomic E-state index is -4.69. The number of hydrogen-bond acceptors (Lipinski definition) is 2. The first kappa shape index (κ1) is 21.7. The monoisotopic (exact) mass is 440 g/mol.